The number of halogens is 1. The van der Waals surface area contributed by atoms with Crippen LogP contribution in [0.3, 0.4) is 0 Å². The monoisotopic (exact) mass is 309 g/mol. The fourth-order valence-corrected chi connectivity index (χ4v) is 4.07. The van der Waals surface area contributed by atoms with Gasteiger partial charge in [-0.15, -0.1) is 0 Å². The highest BCUT2D eigenvalue weighted by Crippen LogP contribution is 2.29. The van der Waals surface area contributed by atoms with E-state index in [9.17, 15) is 4.39 Å². The molecule has 1 aromatic rings. The van der Waals surface area contributed by atoms with Crippen molar-refractivity contribution in [3.05, 3.63) is 35.6 Å². The summed E-state index contributed by atoms with van der Waals surface area (Å²) in [4.78, 5) is 0. The minimum absolute atomic E-state index is 0.145. The molecule has 1 aromatic carbocycles. The van der Waals surface area contributed by atoms with E-state index in [0.717, 1.165) is 11.7 Å². The van der Waals surface area contributed by atoms with Crippen molar-refractivity contribution in [3.8, 4) is 0 Å². The highest BCUT2D eigenvalue weighted by Gasteiger charge is 2.23. The molecule has 0 aliphatic heterocycles. The van der Waals surface area contributed by atoms with E-state index in [1.807, 2.05) is 23.9 Å². The largest absolute Gasteiger partial charge is 0.307 e. The number of benzene rings is 1. The minimum Gasteiger partial charge on any atom is -0.307 e. The van der Waals surface area contributed by atoms with Crippen LogP contribution in [0.2, 0.25) is 0 Å². The van der Waals surface area contributed by atoms with Crippen LogP contribution in [-0.4, -0.2) is 17.5 Å². The molecule has 0 amide bonds. The lowest BCUT2D eigenvalue weighted by molar-refractivity contribution is 0.332. The zero-order chi connectivity index (χ0) is 15.1. The molecule has 0 aromatic heterocycles. The van der Waals surface area contributed by atoms with Crippen molar-refractivity contribution in [2.45, 2.75) is 69.2 Å². The fraction of sp³-hybridized carbons (Fsp3) is 0.667. The molecule has 0 spiro atoms. The quantitative estimate of drug-likeness (QED) is 0.731. The van der Waals surface area contributed by atoms with E-state index in [-0.39, 0.29) is 5.82 Å². The first-order valence-electron chi connectivity index (χ1n) is 8.27. The molecule has 1 aliphatic rings. The second-order valence-corrected chi connectivity index (χ2v) is 7.27. The zero-order valence-corrected chi connectivity index (χ0v) is 14.1. The van der Waals surface area contributed by atoms with Crippen molar-refractivity contribution < 1.29 is 4.39 Å². The Balaban J connectivity index is 2.00. The van der Waals surface area contributed by atoms with E-state index >= 15 is 0 Å². The van der Waals surface area contributed by atoms with Crippen LogP contribution < -0.4 is 5.32 Å². The Hall–Kier alpha value is -0.540. The smallest absolute Gasteiger partial charge is 0.123 e. The van der Waals surface area contributed by atoms with Gasteiger partial charge in [0, 0.05) is 17.3 Å². The number of rotatable bonds is 7. The lowest BCUT2D eigenvalue weighted by atomic mass is 9.92. The van der Waals surface area contributed by atoms with Gasteiger partial charge in [0.2, 0.25) is 0 Å². The van der Waals surface area contributed by atoms with Gasteiger partial charge in [-0.3, -0.25) is 0 Å². The van der Waals surface area contributed by atoms with Gasteiger partial charge in [0.15, 0.2) is 0 Å². The van der Waals surface area contributed by atoms with E-state index in [2.05, 4.69) is 18.5 Å². The van der Waals surface area contributed by atoms with Crippen molar-refractivity contribution in [2.24, 2.45) is 0 Å². The van der Waals surface area contributed by atoms with Crippen molar-refractivity contribution in [1.82, 2.24) is 5.32 Å². The highest BCUT2D eigenvalue weighted by atomic mass is 32.2. The Morgan fingerprint density at radius 3 is 2.71 bits per heavy atom. The summed E-state index contributed by atoms with van der Waals surface area (Å²) in [6, 6.07) is 8.04. The molecule has 3 heteroatoms. The third-order valence-corrected chi connectivity index (χ3v) is 5.61. The van der Waals surface area contributed by atoms with Crippen molar-refractivity contribution in [1.29, 1.82) is 0 Å². The summed E-state index contributed by atoms with van der Waals surface area (Å²) in [7, 11) is 0. The number of nitrogens with one attached hydrogen (secondary N) is 1. The first-order valence-corrected chi connectivity index (χ1v) is 9.56. The molecule has 1 fully saturated rings. The zero-order valence-electron chi connectivity index (χ0n) is 13.3. The van der Waals surface area contributed by atoms with E-state index in [1.54, 1.807) is 12.1 Å². The van der Waals surface area contributed by atoms with E-state index in [4.69, 9.17) is 0 Å². The molecule has 1 nitrogen and oxygen atoms in total. The lowest BCUT2D eigenvalue weighted by Gasteiger charge is -2.32. The fourth-order valence-electron chi connectivity index (χ4n) is 3.24. The lowest BCUT2D eigenvalue weighted by Crippen LogP contribution is -2.37. The summed E-state index contributed by atoms with van der Waals surface area (Å²) in [5.41, 5.74) is 1.23. The van der Waals surface area contributed by atoms with Crippen LogP contribution in [0.5, 0.6) is 0 Å². The first kappa shape index (κ1) is 16.8. The number of hydrogen-bond donors (Lipinski definition) is 1. The van der Waals surface area contributed by atoms with Crippen molar-refractivity contribution in [2.75, 3.05) is 6.26 Å². The van der Waals surface area contributed by atoms with Gasteiger partial charge in [0.1, 0.15) is 5.82 Å². The van der Waals surface area contributed by atoms with Crippen LogP contribution >= 0.6 is 11.8 Å². The van der Waals surface area contributed by atoms with Gasteiger partial charge < -0.3 is 5.32 Å². The van der Waals surface area contributed by atoms with E-state index < -0.39 is 0 Å². The van der Waals surface area contributed by atoms with Gasteiger partial charge in [0.05, 0.1) is 0 Å². The van der Waals surface area contributed by atoms with Gasteiger partial charge in [-0.1, -0.05) is 38.3 Å². The first-order chi connectivity index (χ1) is 10.2. The molecule has 2 rings (SSSR count). The average Bonchev–Trinajstić information content (AvgIpc) is 2.52. The molecule has 0 bridgehead atoms. The Morgan fingerprint density at radius 1 is 1.29 bits per heavy atom. The summed E-state index contributed by atoms with van der Waals surface area (Å²) < 4.78 is 13.1. The summed E-state index contributed by atoms with van der Waals surface area (Å²) in [5, 5.41) is 4.66. The second-order valence-electron chi connectivity index (χ2n) is 6.13. The van der Waals surface area contributed by atoms with Crippen molar-refractivity contribution in [3.63, 3.8) is 0 Å². The van der Waals surface area contributed by atoms with Gasteiger partial charge in [-0.25, -0.2) is 4.39 Å². The molecule has 1 saturated carbocycles. The van der Waals surface area contributed by atoms with Crippen LogP contribution in [0.15, 0.2) is 24.3 Å². The van der Waals surface area contributed by atoms with E-state index in [1.165, 1.54) is 44.1 Å². The van der Waals surface area contributed by atoms with Gasteiger partial charge in [-0.2, -0.15) is 11.8 Å². The molecule has 0 radical (unpaired) electrons. The van der Waals surface area contributed by atoms with Gasteiger partial charge in [0.25, 0.3) is 0 Å². The molecule has 118 valence electrons. The second kappa shape index (κ2) is 8.79. The normalized spacial score (nSPS) is 24.0. The average molecular weight is 309 g/mol. The van der Waals surface area contributed by atoms with Crippen LogP contribution in [0.1, 0.15) is 63.5 Å². The van der Waals surface area contributed by atoms with Crippen LogP contribution in [0.4, 0.5) is 4.39 Å². The summed E-state index contributed by atoms with van der Waals surface area (Å²) in [6.07, 6.45) is 11.0. The maximum absolute atomic E-state index is 13.1. The van der Waals surface area contributed by atoms with Gasteiger partial charge >= 0.3 is 0 Å². The summed E-state index contributed by atoms with van der Waals surface area (Å²) in [6.45, 7) is 2.23. The molecular weight excluding hydrogens is 281 g/mol. The summed E-state index contributed by atoms with van der Waals surface area (Å²) in [5.74, 6) is -0.145. The third kappa shape index (κ3) is 5.30. The van der Waals surface area contributed by atoms with Gasteiger partial charge in [-0.05, 0) is 49.6 Å². The van der Waals surface area contributed by atoms with E-state index in [0.29, 0.717) is 12.1 Å². The topological polar surface area (TPSA) is 12.0 Å². The molecule has 1 N–H and O–H groups in total. The Morgan fingerprint density at radius 2 is 2.05 bits per heavy atom. The third-order valence-electron chi connectivity index (χ3n) is 4.52. The predicted molar refractivity (Wildman–Crippen MR) is 91.4 cm³/mol. The van der Waals surface area contributed by atoms with Crippen LogP contribution in [-0.2, 0) is 0 Å². The molecular formula is C18H28FNS. The highest BCUT2D eigenvalue weighted by molar-refractivity contribution is 7.99. The van der Waals surface area contributed by atoms with Crippen molar-refractivity contribution >= 4 is 11.8 Å². The Bertz CT molecular complexity index is 406. The predicted octanol–water partition coefficient (Wildman–Crippen LogP) is 5.32. The summed E-state index contributed by atoms with van der Waals surface area (Å²) >= 11 is 2.00. The Kier molecular flexibility index (Phi) is 7.05. The standard InChI is InChI=1S/C18H28FNS/c1-3-4-8-18(14-9-11-15(19)12-10-14)20-16-6-5-7-17(13-16)21-2/h9-12,16-18,20H,3-8,13H2,1-2H3. The maximum atomic E-state index is 13.1. The number of unbranched alkanes of at least 4 members (excludes halogenated alkanes) is 1. The number of hydrogen-bond acceptors (Lipinski definition) is 2. The molecule has 0 heterocycles. The minimum atomic E-state index is -0.145. The SMILES string of the molecule is CCCCC(NC1CCCC(SC)C1)c1ccc(F)cc1. The molecule has 3 unspecified atom stereocenters. The Labute approximate surface area is 133 Å². The molecule has 0 saturated heterocycles. The molecule has 3 atom stereocenters. The van der Waals surface area contributed by atoms with Crippen LogP contribution in [0.25, 0.3) is 0 Å². The number of thioether (sulfide) groups is 1. The molecule has 1 aliphatic carbocycles. The molecule has 21 heavy (non-hydrogen) atoms. The maximum Gasteiger partial charge on any atom is 0.123 e. The van der Waals surface area contributed by atoms with Crippen LogP contribution in [0, 0.1) is 5.82 Å².